The van der Waals surface area contributed by atoms with Gasteiger partial charge in [-0.25, -0.2) is 0 Å². The summed E-state index contributed by atoms with van der Waals surface area (Å²) in [4.78, 5) is 14.7. The number of nitrogens with one attached hydrogen (secondary N) is 1. The number of likely N-dealkylation sites (N-methyl/N-ethyl adjacent to an activating group) is 1. The Hall–Kier alpha value is -1.35. The molecule has 0 spiro atoms. The van der Waals surface area contributed by atoms with Crippen LogP contribution >= 0.6 is 0 Å². The Kier molecular flexibility index (Phi) is 4.25. The molecule has 104 valence electrons. The lowest BCUT2D eigenvalue weighted by atomic mass is 9.96. The van der Waals surface area contributed by atoms with E-state index in [0.717, 1.165) is 19.3 Å². The molecular formula is C16H24N2O. The molecular weight excluding hydrogens is 236 g/mol. The third-order valence-electron chi connectivity index (χ3n) is 4.11. The van der Waals surface area contributed by atoms with Crippen LogP contribution in [0.15, 0.2) is 30.3 Å². The fourth-order valence-corrected chi connectivity index (χ4v) is 2.81. The van der Waals surface area contributed by atoms with Crippen LogP contribution in [0.3, 0.4) is 0 Å². The van der Waals surface area contributed by atoms with Gasteiger partial charge in [-0.05, 0) is 45.7 Å². The van der Waals surface area contributed by atoms with Crippen LogP contribution in [0, 0.1) is 0 Å². The number of carbonyl (C=O) groups is 1. The van der Waals surface area contributed by atoms with Gasteiger partial charge in [-0.1, -0.05) is 30.3 Å². The van der Waals surface area contributed by atoms with Gasteiger partial charge in [0.2, 0.25) is 5.91 Å². The monoisotopic (exact) mass is 260 g/mol. The molecule has 0 saturated carbocycles. The van der Waals surface area contributed by atoms with E-state index in [9.17, 15) is 4.79 Å². The summed E-state index contributed by atoms with van der Waals surface area (Å²) in [6, 6.07) is 10.2. The van der Waals surface area contributed by atoms with Gasteiger partial charge in [-0.2, -0.15) is 0 Å². The number of amides is 1. The second-order valence-corrected chi connectivity index (χ2v) is 5.96. The molecule has 1 aliphatic rings. The van der Waals surface area contributed by atoms with Crippen molar-refractivity contribution in [2.45, 2.75) is 51.2 Å². The van der Waals surface area contributed by atoms with Crippen molar-refractivity contribution in [3.05, 3.63) is 35.9 Å². The number of benzene rings is 1. The van der Waals surface area contributed by atoms with Crippen LogP contribution in [-0.4, -0.2) is 29.4 Å². The fraction of sp³-hybridized carbons (Fsp3) is 0.562. The fourth-order valence-electron chi connectivity index (χ4n) is 2.81. The van der Waals surface area contributed by atoms with Gasteiger partial charge >= 0.3 is 0 Å². The zero-order chi connectivity index (χ0) is 13.9. The van der Waals surface area contributed by atoms with Crippen molar-refractivity contribution in [3.8, 4) is 0 Å². The van der Waals surface area contributed by atoms with E-state index >= 15 is 0 Å². The van der Waals surface area contributed by atoms with E-state index in [4.69, 9.17) is 0 Å². The van der Waals surface area contributed by atoms with Crippen molar-refractivity contribution >= 4 is 5.91 Å². The van der Waals surface area contributed by atoms with Crippen LogP contribution in [0.25, 0.3) is 0 Å². The number of likely N-dealkylation sites (tertiary alicyclic amines) is 1. The van der Waals surface area contributed by atoms with Crippen molar-refractivity contribution in [2.75, 3.05) is 7.05 Å². The highest BCUT2D eigenvalue weighted by atomic mass is 16.2. The highest BCUT2D eigenvalue weighted by Crippen LogP contribution is 2.29. The van der Waals surface area contributed by atoms with E-state index in [1.165, 1.54) is 5.56 Å². The predicted octanol–water partition coefficient (Wildman–Crippen LogP) is 2.57. The third-order valence-corrected chi connectivity index (χ3v) is 4.11. The highest BCUT2D eigenvalue weighted by molar-refractivity contribution is 5.82. The Balaban J connectivity index is 2.24. The summed E-state index contributed by atoms with van der Waals surface area (Å²) in [5.41, 5.74) is 1.12. The molecule has 0 radical (unpaired) electrons. The van der Waals surface area contributed by atoms with Gasteiger partial charge in [0.05, 0.1) is 6.04 Å². The Morgan fingerprint density at radius 1 is 1.32 bits per heavy atom. The first-order valence-corrected chi connectivity index (χ1v) is 7.07. The summed E-state index contributed by atoms with van der Waals surface area (Å²) >= 11 is 0. The summed E-state index contributed by atoms with van der Waals surface area (Å²) in [6.07, 6.45) is 3.09. The predicted molar refractivity (Wildman–Crippen MR) is 77.8 cm³/mol. The molecule has 1 unspecified atom stereocenters. The Morgan fingerprint density at radius 3 is 2.63 bits per heavy atom. The summed E-state index contributed by atoms with van der Waals surface area (Å²) in [5.74, 6) is 0.230. The maximum Gasteiger partial charge on any atom is 0.240 e. The molecule has 1 aromatic carbocycles. The summed E-state index contributed by atoms with van der Waals surface area (Å²) in [7, 11) is 1.88. The number of carbonyl (C=O) groups excluding carboxylic acids is 1. The van der Waals surface area contributed by atoms with Gasteiger partial charge < -0.3 is 10.2 Å². The standard InChI is InChI=1S/C16H24N2O/c1-16(2)11-7-10-14(17-3)15(19)18(16)12-13-8-5-4-6-9-13/h4-6,8-9,14,17H,7,10-12H2,1-3H3. The largest absolute Gasteiger partial charge is 0.332 e. The van der Waals surface area contributed by atoms with E-state index in [0.29, 0.717) is 6.54 Å². The van der Waals surface area contributed by atoms with E-state index in [-0.39, 0.29) is 17.5 Å². The smallest absolute Gasteiger partial charge is 0.240 e. The number of rotatable bonds is 3. The minimum atomic E-state index is -0.0709. The molecule has 2 rings (SSSR count). The molecule has 1 aliphatic heterocycles. The normalized spacial score (nSPS) is 23.2. The van der Waals surface area contributed by atoms with Gasteiger partial charge in [0.1, 0.15) is 0 Å². The molecule has 0 bridgehead atoms. The maximum absolute atomic E-state index is 12.7. The minimum Gasteiger partial charge on any atom is -0.332 e. The number of hydrogen-bond acceptors (Lipinski definition) is 2. The van der Waals surface area contributed by atoms with Crippen molar-refractivity contribution in [3.63, 3.8) is 0 Å². The molecule has 1 N–H and O–H groups in total. The highest BCUT2D eigenvalue weighted by Gasteiger charge is 2.36. The molecule has 1 aromatic rings. The molecule has 1 fully saturated rings. The van der Waals surface area contributed by atoms with Crippen LogP contribution < -0.4 is 5.32 Å². The van der Waals surface area contributed by atoms with Crippen LogP contribution in [0.2, 0.25) is 0 Å². The molecule has 3 nitrogen and oxygen atoms in total. The number of hydrogen-bond donors (Lipinski definition) is 1. The Labute approximate surface area is 116 Å². The summed E-state index contributed by atoms with van der Waals surface area (Å²) in [5, 5.41) is 3.16. The van der Waals surface area contributed by atoms with Crippen LogP contribution in [-0.2, 0) is 11.3 Å². The van der Waals surface area contributed by atoms with Crippen molar-refractivity contribution in [2.24, 2.45) is 0 Å². The van der Waals surface area contributed by atoms with Crippen molar-refractivity contribution in [1.29, 1.82) is 0 Å². The average molecular weight is 260 g/mol. The molecule has 0 aliphatic carbocycles. The summed E-state index contributed by atoms with van der Waals surface area (Å²) < 4.78 is 0. The van der Waals surface area contributed by atoms with E-state index in [2.05, 4.69) is 31.3 Å². The quantitative estimate of drug-likeness (QED) is 0.906. The molecule has 1 atom stereocenters. The third kappa shape index (κ3) is 3.16. The van der Waals surface area contributed by atoms with Crippen molar-refractivity contribution < 1.29 is 4.79 Å². The first kappa shape index (κ1) is 14.1. The molecule has 0 aromatic heterocycles. The van der Waals surface area contributed by atoms with Crippen molar-refractivity contribution in [1.82, 2.24) is 10.2 Å². The van der Waals surface area contributed by atoms with Gasteiger partial charge in [-0.3, -0.25) is 4.79 Å². The van der Waals surface area contributed by atoms with Gasteiger partial charge in [0.15, 0.2) is 0 Å². The van der Waals surface area contributed by atoms with E-state index < -0.39 is 0 Å². The Bertz CT molecular complexity index is 428. The van der Waals surface area contributed by atoms with Gasteiger partial charge in [-0.15, -0.1) is 0 Å². The SMILES string of the molecule is CNC1CCCC(C)(C)N(Cc2ccccc2)C1=O. The van der Waals surface area contributed by atoms with Gasteiger partial charge in [0, 0.05) is 12.1 Å². The lowest BCUT2D eigenvalue weighted by Gasteiger charge is -2.38. The molecule has 1 amide bonds. The molecule has 19 heavy (non-hydrogen) atoms. The molecule has 1 saturated heterocycles. The number of nitrogens with zero attached hydrogens (tertiary/aromatic N) is 1. The lowest BCUT2D eigenvalue weighted by molar-refractivity contribution is -0.138. The minimum absolute atomic E-state index is 0.0366. The first-order valence-electron chi connectivity index (χ1n) is 7.07. The second-order valence-electron chi connectivity index (χ2n) is 5.96. The van der Waals surface area contributed by atoms with E-state index in [1.54, 1.807) is 0 Å². The lowest BCUT2D eigenvalue weighted by Crippen LogP contribution is -2.51. The molecule has 1 heterocycles. The zero-order valence-corrected chi connectivity index (χ0v) is 12.1. The van der Waals surface area contributed by atoms with Gasteiger partial charge in [0.25, 0.3) is 0 Å². The van der Waals surface area contributed by atoms with E-state index in [1.807, 2.05) is 30.1 Å². The first-order chi connectivity index (χ1) is 9.04. The summed E-state index contributed by atoms with van der Waals surface area (Å²) in [6.45, 7) is 5.04. The molecule has 3 heteroatoms. The average Bonchev–Trinajstić information content (AvgIpc) is 2.50. The van der Waals surface area contributed by atoms with Crippen LogP contribution in [0.1, 0.15) is 38.7 Å². The Morgan fingerprint density at radius 2 is 2.00 bits per heavy atom. The maximum atomic E-state index is 12.7. The second kappa shape index (κ2) is 5.74. The topological polar surface area (TPSA) is 32.3 Å². The van der Waals surface area contributed by atoms with Crippen LogP contribution in [0.4, 0.5) is 0 Å². The van der Waals surface area contributed by atoms with Crippen LogP contribution in [0.5, 0.6) is 0 Å². The zero-order valence-electron chi connectivity index (χ0n) is 12.1.